The zero-order valence-corrected chi connectivity index (χ0v) is 21.7. The number of carbonyl (C=O) groups excluding carboxylic acids is 1. The van der Waals surface area contributed by atoms with Crippen molar-refractivity contribution in [1.29, 1.82) is 0 Å². The van der Waals surface area contributed by atoms with Gasteiger partial charge in [-0.05, 0) is 54.3 Å². The van der Waals surface area contributed by atoms with Gasteiger partial charge >= 0.3 is 6.18 Å². The Hall–Kier alpha value is -3.57. The number of methoxy groups -OCH3 is 1. The number of piperazine rings is 1. The van der Waals surface area contributed by atoms with Crippen LogP contribution in [0.5, 0.6) is 5.75 Å². The Morgan fingerprint density at radius 1 is 1.03 bits per heavy atom. The molecule has 2 aromatic heterocycles. The van der Waals surface area contributed by atoms with Crippen LogP contribution in [0.1, 0.15) is 21.6 Å². The van der Waals surface area contributed by atoms with Crippen LogP contribution in [0.2, 0.25) is 0 Å². The fraction of sp³-hybridized carbons (Fsp3) is 0.296. The fourth-order valence-electron chi connectivity index (χ4n) is 4.49. The van der Waals surface area contributed by atoms with Gasteiger partial charge in [0.25, 0.3) is 5.91 Å². The van der Waals surface area contributed by atoms with Crippen molar-refractivity contribution in [2.75, 3.05) is 39.5 Å². The third-order valence-electron chi connectivity index (χ3n) is 6.60. The first-order chi connectivity index (χ1) is 18.3. The number of carbonyl (C=O) groups is 1. The Balaban J connectivity index is 1.38. The van der Waals surface area contributed by atoms with E-state index in [1.54, 1.807) is 40.9 Å². The first-order valence-corrected chi connectivity index (χ1v) is 13.2. The van der Waals surface area contributed by atoms with Crippen LogP contribution in [-0.2, 0) is 12.7 Å². The molecule has 1 aliphatic rings. The topological polar surface area (TPSA) is 63.0 Å². The molecule has 198 valence electrons. The minimum atomic E-state index is -4.69. The molecule has 0 N–H and O–H groups in total. The smallest absolute Gasteiger partial charge is 0.433 e. The van der Waals surface area contributed by atoms with Crippen LogP contribution in [0.15, 0.2) is 65.7 Å². The maximum Gasteiger partial charge on any atom is 0.433 e. The molecule has 2 aromatic carbocycles. The molecule has 38 heavy (non-hydrogen) atoms. The number of halogens is 3. The molecule has 4 aromatic rings. The largest absolute Gasteiger partial charge is 0.497 e. The van der Waals surface area contributed by atoms with Gasteiger partial charge < -0.3 is 9.64 Å². The maximum absolute atomic E-state index is 14.0. The molecule has 0 atom stereocenters. The molecule has 1 aliphatic heterocycles. The number of ether oxygens (including phenoxy) is 1. The molecule has 0 radical (unpaired) electrons. The minimum absolute atomic E-state index is 0.0481. The molecule has 5 rings (SSSR count). The summed E-state index contributed by atoms with van der Waals surface area (Å²) in [5, 5.41) is 3.90. The Bertz CT molecular complexity index is 1430. The number of alkyl halides is 3. The van der Waals surface area contributed by atoms with E-state index in [2.05, 4.69) is 39.2 Å². The highest BCUT2D eigenvalue weighted by Crippen LogP contribution is 2.33. The molecule has 0 aliphatic carbocycles. The molecule has 3 heterocycles. The van der Waals surface area contributed by atoms with Gasteiger partial charge in [0, 0.05) is 43.2 Å². The van der Waals surface area contributed by atoms with Gasteiger partial charge in [-0.15, -0.1) is 11.8 Å². The van der Waals surface area contributed by atoms with Crippen molar-refractivity contribution >= 4 is 23.3 Å². The molecule has 1 fully saturated rings. The molecule has 11 heteroatoms. The Morgan fingerprint density at radius 2 is 1.71 bits per heavy atom. The average molecular weight is 542 g/mol. The van der Waals surface area contributed by atoms with Crippen molar-refractivity contribution in [2.24, 2.45) is 0 Å². The van der Waals surface area contributed by atoms with E-state index >= 15 is 0 Å². The van der Waals surface area contributed by atoms with Crippen molar-refractivity contribution in [1.82, 2.24) is 24.4 Å². The second kappa shape index (κ2) is 10.7. The average Bonchev–Trinajstić information content (AvgIpc) is 3.36. The number of amides is 1. The predicted octanol–water partition coefficient (Wildman–Crippen LogP) is 5.10. The van der Waals surface area contributed by atoms with Gasteiger partial charge in [0.15, 0.2) is 11.3 Å². The summed E-state index contributed by atoms with van der Waals surface area (Å²) in [5.74, 6) is 0.193. The summed E-state index contributed by atoms with van der Waals surface area (Å²) in [6, 6.07) is 15.9. The summed E-state index contributed by atoms with van der Waals surface area (Å²) in [4.78, 5) is 23.0. The summed E-state index contributed by atoms with van der Waals surface area (Å²) in [6.45, 7) is 3.02. The minimum Gasteiger partial charge on any atom is -0.497 e. The SMILES string of the molecule is COc1ccc(-c2cc(C(F)(F)F)n3ncc(C(=O)N4CCN(Cc5ccc(SC)cc5)CC4)c3n2)cc1. The highest BCUT2D eigenvalue weighted by Gasteiger charge is 2.36. The number of aromatic nitrogens is 3. The van der Waals surface area contributed by atoms with E-state index in [1.807, 2.05) is 6.26 Å². The van der Waals surface area contributed by atoms with Gasteiger partial charge in [0.2, 0.25) is 0 Å². The lowest BCUT2D eigenvalue weighted by molar-refractivity contribution is -0.142. The van der Waals surface area contributed by atoms with Crippen LogP contribution in [0, 0.1) is 0 Å². The van der Waals surface area contributed by atoms with E-state index in [4.69, 9.17) is 4.74 Å². The van der Waals surface area contributed by atoms with Crippen LogP contribution in [0.4, 0.5) is 13.2 Å². The van der Waals surface area contributed by atoms with Crippen molar-refractivity contribution in [2.45, 2.75) is 17.6 Å². The molecule has 0 bridgehead atoms. The summed E-state index contributed by atoms with van der Waals surface area (Å²) >= 11 is 1.69. The molecular formula is C27H26F3N5O2S. The predicted molar refractivity (Wildman–Crippen MR) is 139 cm³/mol. The Kier molecular flexibility index (Phi) is 7.31. The Labute approximate surface area is 222 Å². The first kappa shape index (κ1) is 26.1. The van der Waals surface area contributed by atoms with E-state index in [0.717, 1.165) is 12.6 Å². The quantitative estimate of drug-likeness (QED) is 0.317. The van der Waals surface area contributed by atoms with Crippen LogP contribution in [0.3, 0.4) is 0 Å². The van der Waals surface area contributed by atoms with E-state index < -0.39 is 11.9 Å². The first-order valence-electron chi connectivity index (χ1n) is 12.0. The third kappa shape index (κ3) is 5.34. The standard InChI is InChI=1S/C27H26F3N5O2S/c1-37-20-7-5-19(6-8-20)23-15-24(27(28,29)30)35-25(32-23)22(16-31-35)26(36)34-13-11-33(12-14-34)17-18-3-9-21(38-2)10-4-18/h3-10,15-16H,11-14,17H2,1-2H3. The van der Waals surface area contributed by atoms with Gasteiger partial charge in [-0.1, -0.05) is 12.1 Å². The highest BCUT2D eigenvalue weighted by atomic mass is 32.2. The van der Waals surface area contributed by atoms with E-state index in [-0.39, 0.29) is 22.8 Å². The van der Waals surface area contributed by atoms with Crippen LogP contribution in [-0.4, -0.2) is 69.8 Å². The lowest BCUT2D eigenvalue weighted by Crippen LogP contribution is -2.48. The zero-order chi connectivity index (χ0) is 26.9. The van der Waals surface area contributed by atoms with Crippen molar-refractivity contribution in [3.05, 3.63) is 77.6 Å². The van der Waals surface area contributed by atoms with Crippen LogP contribution in [0.25, 0.3) is 16.9 Å². The van der Waals surface area contributed by atoms with Gasteiger partial charge in [0.05, 0.1) is 19.0 Å². The second-order valence-corrected chi connectivity index (χ2v) is 9.84. The van der Waals surface area contributed by atoms with Crippen LogP contribution >= 0.6 is 11.8 Å². The maximum atomic E-state index is 14.0. The molecule has 0 saturated carbocycles. The molecule has 0 spiro atoms. The second-order valence-electron chi connectivity index (χ2n) is 8.96. The summed E-state index contributed by atoms with van der Waals surface area (Å²) in [7, 11) is 1.51. The number of hydrogen-bond donors (Lipinski definition) is 0. The van der Waals surface area contributed by atoms with Gasteiger partial charge in [-0.25, -0.2) is 9.50 Å². The molecule has 0 unspecified atom stereocenters. The zero-order valence-electron chi connectivity index (χ0n) is 20.9. The van der Waals surface area contributed by atoms with Gasteiger partial charge in [-0.2, -0.15) is 18.3 Å². The summed E-state index contributed by atoms with van der Waals surface area (Å²) < 4.78 is 47.7. The molecule has 1 amide bonds. The number of rotatable bonds is 6. The van der Waals surface area contributed by atoms with Gasteiger partial charge in [0.1, 0.15) is 11.3 Å². The van der Waals surface area contributed by atoms with Gasteiger partial charge in [-0.3, -0.25) is 9.69 Å². The van der Waals surface area contributed by atoms with Crippen molar-refractivity contribution in [3.8, 4) is 17.0 Å². The lowest BCUT2D eigenvalue weighted by Gasteiger charge is -2.34. The summed E-state index contributed by atoms with van der Waals surface area (Å²) in [6.07, 6.45) is -1.47. The van der Waals surface area contributed by atoms with Crippen molar-refractivity contribution in [3.63, 3.8) is 0 Å². The fourth-order valence-corrected chi connectivity index (χ4v) is 4.90. The molecular weight excluding hydrogens is 515 g/mol. The number of hydrogen-bond acceptors (Lipinski definition) is 6. The van der Waals surface area contributed by atoms with E-state index in [1.165, 1.54) is 23.8 Å². The van der Waals surface area contributed by atoms with Crippen molar-refractivity contribution < 1.29 is 22.7 Å². The van der Waals surface area contributed by atoms with E-state index in [0.29, 0.717) is 42.0 Å². The lowest BCUT2D eigenvalue weighted by atomic mass is 10.1. The summed E-state index contributed by atoms with van der Waals surface area (Å²) in [5.41, 5.74) is 0.695. The number of thioether (sulfide) groups is 1. The molecule has 1 saturated heterocycles. The monoisotopic (exact) mass is 541 g/mol. The Morgan fingerprint density at radius 3 is 2.32 bits per heavy atom. The number of benzene rings is 2. The number of nitrogens with zero attached hydrogens (tertiary/aromatic N) is 5. The molecule has 7 nitrogen and oxygen atoms in total. The third-order valence-corrected chi connectivity index (χ3v) is 7.35. The normalized spacial score (nSPS) is 14.7. The van der Waals surface area contributed by atoms with E-state index in [9.17, 15) is 18.0 Å². The number of fused-ring (bicyclic) bond motifs is 1. The highest BCUT2D eigenvalue weighted by molar-refractivity contribution is 7.98. The van der Waals surface area contributed by atoms with Crippen LogP contribution < -0.4 is 4.74 Å².